The van der Waals surface area contributed by atoms with Crippen LogP contribution in [0.25, 0.3) is 22.3 Å². The maximum atomic E-state index is 12.1. The van der Waals surface area contributed by atoms with Gasteiger partial charge in [-0.1, -0.05) is 82.3 Å². The fourth-order valence-electron chi connectivity index (χ4n) is 7.02. The van der Waals surface area contributed by atoms with Gasteiger partial charge < -0.3 is 24.4 Å². The van der Waals surface area contributed by atoms with Crippen molar-refractivity contribution in [1.29, 1.82) is 0 Å². The van der Waals surface area contributed by atoms with Gasteiger partial charge in [0.1, 0.15) is 5.75 Å². The Kier molecular flexibility index (Phi) is 16.4. The van der Waals surface area contributed by atoms with E-state index < -0.39 is 11.9 Å². The lowest BCUT2D eigenvalue weighted by Crippen LogP contribution is -2.16. The molecule has 286 valence electrons. The molecule has 0 unspecified atom stereocenters. The normalized spacial score (nSPS) is 15.6. The Bertz CT molecular complexity index is 1620. The van der Waals surface area contributed by atoms with Crippen molar-refractivity contribution in [3.05, 3.63) is 101 Å². The maximum Gasteiger partial charge on any atom is 0.333 e. The standard InChI is InChI=1S/C46H60O7/c1-7-35-26-39(38-18-16-37(17-19-38)36-14-12-33(6)13-15-36)20-21-43(35)42-27-40(10-8-23-52-45(49)31(2)3)44(51-25-22-34(29-47)30-48)41(28-42)11-9-24-53-46(50)32(4)5/h16-21,26-28,33-34,36,47-48H,2,4,7-15,22-25,29-30H2,1,3,5-6H3. The number of esters is 2. The van der Waals surface area contributed by atoms with E-state index in [0.717, 1.165) is 40.3 Å². The van der Waals surface area contributed by atoms with Crippen LogP contribution in [0.4, 0.5) is 0 Å². The molecule has 1 saturated carbocycles. The molecule has 2 N–H and O–H groups in total. The van der Waals surface area contributed by atoms with Crippen LogP contribution in [0.1, 0.15) is 101 Å². The molecule has 3 aromatic carbocycles. The molecule has 1 aliphatic rings. The molecule has 0 bridgehead atoms. The van der Waals surface area contributed by atoms with Crippen molar-refractivity contribution in [2.45, 2.75) is 97.8 Å². The predicted octanol–water partition coefficient (Wildman–Crippen LogP) is 9.35. The number of hydrogen-bond donors (Lipinski definition) is 2. The summed E-state index contributed by atoms with van der Waals surface area (Å²) in [6.07, 6.45) is 8.86. The predicted molar refractivity (Wildman–Crippen MR) is 213 cm³/mol. The lowest BCUT2D eigenvalue weighted by molar-refractivity contribution is -0.139. The molecule has 3 aromatic rings. The zero-order chi connectivity index (χ0) is 38.3. The zero-order valence-electron chi connectivity index (χ0n) is 32.4. The molecular formula is C46H60O7. The van der Waals surface area contributed by atoms with Gasteiger partial charge in [-0.15, -0.1) is 0 Å². The van der Waals surface area contributed by atoms with E-state index in [1.807, 2.05) is 0 Å². The first-order chi connectivity index (χ1) is 25.5. The van der Waals surface area contributed by atoms with Gasteiger partial charge in [0.2, 0.25) is 0 Å². The van der Waals surface area contributed by atoms with Crippen molar-refractivity contribution in [2.24, 2.45) is 11.8 Å². The van der Waals surface area contributed by atoms with Crippen LogP contribution in [0.3, 0.4) is 0 Å². The molecule has 0 radical (unpaired) electrons. The summed E-state index contributed by atoms with van der Waals surface area (Å²) in [4.78, 5) is 24.2. The van der Waals surface area contributed by atoms with Gasteiger partial charge in [-0.05, 0) is 134 Å². The summed E-state index contributed by atoms with van der Waals surface area (Å²) in [5, 5.41) is 19.3. The molecule has 0 atom stereocenters. The Morgan fingerprint density at radius 2 is 1.26 bits per heavy atom. The van der Waals surface area contributed by atoms with E-state index in [9.17, 15) is 19.8 Å². The first-order valence-electron chi connectivity index (χ1n) is 19.4. The van der Waals surface area contributed by atoms with Crippen LogP contribution in [0, 0.1) is 11.8 Å². The Labute approximate surface area is 317 Å². The second kappa shape index (κ2) is 20.9. The molecule has 7 heteroatoms. The highest BCUT2D eigenvalue weighted by molar-refractivity contribution is 5.87. The van der Waals surface area contributed by atoms with Gasteiger partial charge in [0.05, 0.1) is 19.8 Å². The molecule has 1 fully saturated rings. The summed E-state index contributed by atoms with van der Waals surface area (Å²) in [6.45, 7) is 15.7. The van der Waals surface area contributed by atoms with Gasteiger partial charge in [0, 0.05) is 30.3 Å². The van der Waals surface area contributed by atoms with Crippen molar-refractivity contribution >= 4 is 11.9 Å². The van der Waals surface area contributed by atoms with Crippen molar-refractivity contribution in [3.8, 4) is 28.0 Å². The monoisotopic (exact) mass is 724 g/mol. The number of aryl methyl sites for hydroxylation is 3. The Hall–Kier alpha value is -4.20. The van der Waals surface area contributed by atoms with Crippen LogP contribution in [0.15, 0.2) is 78.9 Å². The summed E-state index contributed by atoms with van der Waals surface area (Å²) in [6, 6.07) is 20.2. The van der Waals surface area contributed by atoms with Gasteiger partial charge in [0.25, 0.3) is 0 Å². The molecule has 0 aliphatic heterocycles. The fraction of sp³-hybridized carbons (Fsp3) is 0.478. The molecule has 1 aliphatic carbocycles. The second-order valence-corrected chi connectivity index (χ2v) is 14.8. The fourth-order valence-corrected chi connectivity index (χ4v) is 7.02. The van der Waals surface area contributed by atoms with Gasteiger partial charge in [-0.25, -0.2) is 9.59 Å². The lowest BCUT2D eigenvalue weighted by Gasteiger charge is -2.26. The molecule has 0 amide bonds. The van der Waals surface area contributed by atoms with E-state index in [1.54, 1.807) is 13.8 Å². The van der Waals surface area contributed by atoms with Crippen LogP contribution in [0.2, 0.25) is 0 Å². The van der Waals surface area contributed by atoms with Crippen LogP contribution < -0.4 is 4.74 Å². The quantitative estimate of drug-likeness (QED) is 0.0680. The average molecular weight is 725 g/mol. The third kappa shape index (κ3) is 12.2. The van der Waals surface area contributed by atoms with E-state index >= 15 is 0 Å². The van der Waals surface area contributed by atoms with Gasteiger partial charge >= 0.3 is 11.9 Å². The largest absolute Gasteiger partial charge is 0.493 e. The average Bonchev–Trinajstić information content (AvgIpc) is 3.17. The third-order valence-corrected chi connectivity index (χ3v) is 10.4. The number of carbonyl (C=O) groups excluding carboxylic acids is 2. The summed E-state index contributed by atoms with van der Waals surface area (Å²) in [5.74, 6) is 1.13. The zero-order valence-corrected chi connectivity index (χ0v) is 32.4. The molecule has 0 spiro atoms. The summed E-state index contributed by atoms with van der Waals surface area (Å²) >= 11 is 0. The number of benzene rings is 3. The molecule has 0 aromatic heterocycles. The molecule has 4 rings (SSSR count). The highest BCUT2D eigenvalue weighted by Crippen LogP contribution is 2.38. The minimum absolute atomic E-state index is 0.125. The number of hydrogen-bond acceptors (Lipinski definition) is 7. The smallest absolute Gasteiger partial charge is 0.333 e. The van der Waals surface area contributed by atoms with Gasteiger partial charge in [-0.3, -0.25) is 0 Å². The van der Waals surface area contributed by atoms with Crippen LogP contribution in [-0.2, 0) is 38.3 Å². The van der Waals surface area contributed by atoms with Crippen molar-refractivity contribution in [2.75, 3.05) is 33.0 Å². The summed E-state index contributed by atoms with van der Waals surface area (Å²) in [7, 11) is 0. The van der Waals surface area contributed by atoms with E-state index in [-0.39, 0.29) is 32.3 Å². The minimum Gasteiger partial charge on any atom is -0.493 e. The van der Waals surface area contributed by atoms with Crippen molar-refractivity contribution in [1.82, 2.24) is 0 Å². The Morgan fingerprint density at radius 1 is 0.736 bits per heavy atom. The van der Waals surface area contributed by atoms with Crippen LogP contribution in [-0.4, -0.2) is 55.2 Å². The van der Waals surface area contributed by atoms with Gasteiger partial charge in [-0.2, -0.15) is 0 Å². The first kappa shape index (κ1) is 41.6. The molecule has 7 nitrogen and oxygen atoms in total. The number of aliphatic hydroxyl groups is 2. The second-order valence-electron chi connectivity index (χ2n) is 14.8. The summed E-state index contributed by atoms with van der Waals surface area (Å²) in [5.41, 5.74) is 9.96. The molecule has 53 heavy (non-hydrogen) atoms. The Balaban J connectivity index is 1.67. The molecular weight excluding hydrogens is 664 g/mol. The van der Waals surface area contributed by atoms with Gasteiger partial charge in [0.15, 0.2) is 0 Å². The number of rotatable bonds is 20. The van der Waals surface area contributed by atoms with Crippen LogP contribution >= 0.6 is 0 Å². The highest BCUT2D eigenvalue weighted by atomic mass is 16.5. The third-order valence-electron chi connectivity index (χ3n) is 10.4. The SMILES string of the molecule is C=C(C)C(=O)OCCCc1cc(-c2ccc(-c3ccc(C4CCC(C)CC4)cc3)cc2CC)cc(CCCOC(=O)C(=C)C)c1OCCC(CO)CO. The minimum atomic E-state index is -0.412. The van der Waals surface area contributed by atoms with E-state index in [2.05, 4.69) is 81.6 Å². The topological polar surface area (TPSA) is 102 Å². The molecule has 0 saturated heterocycles. The van der Waals surface area contributed by atoms with E-state index in [0.29, 0.717) is 55.8 Å². The highest BCUT2D eigenvalue weighted by Gasteiger charge is 2.21. The van der Waals surface area contributed by atoms with Crippen molar-refractivity contribution < 1.29 is 34.0 Å². The Morgan fingerprint density at radius 3 is 1.77 bits per heavy atom. The lowest BCUT2D eigenvalue weighted by atomic mass is 9.79. The first-order valence-corrected chi connectivity index (χ1v) is 19.4. The van der Waals surface area contributed by atoms with E-state index in [1.165, 1.54) is 47.9 Å². The number of ether oxygens (including phenoxy) is 3. The van der Waals surface area contributed by atoms with Crippen molar-refractivity contribution in [3.63, 3.8) is 0 Å². The summed E-state index contributed by atoms with van der Waals surface area (Å²) < 4.78 is 17.3. The van der Waals surface area contributed by atoms with E-state index in [4.69, 9.17) is 14.2 Å². The number of carbonyl (C=O) groups is 2. The number of aliphatic hydroxyl groups excluding tert-OH is 2. The molecule has 0 heterocycles. The van der Waals surface area contributed by atoms with Crippen LogP contribution in [0.5, 0.6) is 5.75 Å². The maximum absolute atomic E-state index is 12.1.